The van der Waals surface area contributed by atoms with Crippen LogP contribution in [0.1, 0.15) is 5.82 Å². The van der Waals surface area contributed by atoms with Gasteiger partial charge < -0.3 is 14.8 Å². The van der Waals surface area contributed by atoms with Gasteiger partial charge in [-0.3, -0.25) is 0 Å². The quantitative estimate of drug-likeness (QED) is 0.853. The molecule has 1 saturated heterocycles. The lowest BCUT2D eigenvalue weighted by atomic mass is 10.0. The molecule has 2 atom stereocenters. The van der Waals surface area contributed by atoms with Crippen molar-refractivity contribution in [2.75, 3.05) is 32.1 Å². The maximum absolute atomic E-state index is 4.42. The number of aryl methyl sites for hydroxylation is 1. The summed E-state index contributed by atoms with van der Waals surface area (Å²) >= 11 is 2.06. The fourth-order valence-electron chi connectivity index (χ4n) is 2.35. The van der Waals surface area contributed by atoms with Crippen LogP contribution in [0, 0.1) is 0 Å². The molecule has 2 heterocycles. The highest BCUT2D eigenvalue weighted by Crippen LogP contribution is 2.19. The number of aromatic nitrogens is 2. The van der Waals surface area contributed by atoms with Crippen molar-refractivity contribution in [1.82, 2.24) is 19.8 Å². The second kappa shape index (κ2) is 5.89. The lowest BCUT2D eigenvalue weighted by Gasteiger charge is -2.37. The van der Waals surface area contributed by atoms with Gasteiger partial charge in [0.25, 0.3) is 0 Å². The lowest BCUT2D eigenvalue weighted by molar-refractivity contribution is 0.217. The minimum atomic E-state index is 0.480. The molecule has 96 valence electrons. The highest BCUT2D eigenvalue weighted by molar-refractivity contribution is 7.99. The Morgan fingerprint density at radius 3 is 3.00 bits per heavy atom. The van der Waals surface area contributed by atoms with E-state index in [1.165, 1.54) is 18.1 Å². The summed E-state index contributed by atoms with van der Waals surface area (Å²) < 4.78 is 2.11. The molecule has 5 heteroatoms. The second-order valence-corrected chi connectivity index (χ2v) is 5.83. The Morgan fingerprint density at radius 2 is 2.41 bits per heavy atom. The van der Waals surface area contributed by atoms with Crippen LogP contribution in [-0.4, -0.2) is 58.7 Å². The number of hydrogen-bond donors (Lipinski definition) is 1. The van der Waals surface area contributed by atoms with Gasteiger partial charge in [0.15, 0.2) is 0 Å². The Bertz CT molecular complexity index is 352. The van der Waals surface area contributed by atoms with E-state index in [-0.39, 0.29) is 0 Å². The summed E-state index contributed by atoms with van der Waals surface area (Å²) in [5, 5.41) is 3.46. The Balaban J connectivity index is 2.03. The monoisotopic (exact) mass is 254 g/mol. The van der Waals surface area contributed by atoms with Crippen molar-refractivity contribution in [3.8, 4) is 0 Å². The average Bonchev–Trinajstić information content (AvgIpc) is 2.73. The molecule has 0 aromatic carbocycles. The van der Waals surface area contributed by atoms with E-state index in [9.17, 15) is 0 Å². The number of nitrogens with one attached hydrogen (secondary N) is 1. The number of likely N-dealkylation sites (N-methyl/N-ethyl adjacent to an activating group) is 2. The van der Waals surface area contributed by atoms with Crippen LogP contribution in [0.4, 0.5) is 0 Å². The van der Waals surface area contributed by atoms with Gasteiger partial charge in [-0.15, -0.1) is 0 Å². The summed E-state index contributed by atoms with van der Waals surface area (Å²) in [5.41, 5.74) is 0. The molecule has 0 bridgehead atoms. The zero-order chi connectivity index (χ0) is 12.3. The molecule has 4 nitrogen and oxygen atoms in total. The SMILES string of the molecule is CNC(Cc1nccn1C)C1CSCCN1C. The molecule has 0 amide bonds. The van der Waals surface area contributed by atoms with Crippen LogP contribution in [0.25, 0.3) is 0 Å². The molecule has 0 aliphatic carbocycles. The number of thioether (sulfide) groups is 1. The first-order valence-electron chi connectivity index (χ1n) is 6.14. The molecule has 1 aromatic rings. The number of imidazole rings is 1. The number of rotatable bonds is 4. The summed E-state index contributed by atoms with van der Waals surface area (Å²) in [6.07, 6.45) is 4.89. The number of hydrogen-bond acceptors (Lipinski definition) is 4. The van der Waals surface area contributed by atoms with E-state index in [4.69, 9.17) is 0 Å². The zero-order valence-corrected chi connectivity index (χ0v) is 11.7. The highest BCUT2D eigenvalue weighted by atomic mass is 32.2. The van der Waals surface area contributed by atoms with Crippen molar-refractivity contribution < 1.29 is 0 Å². The topological polar surface area (TPSA) is 33.1 Å². The standard InChI is InChI=1S/C12H22N4S/c1-13-10(8-12-14-4-5-16(12)3)11-9-17-7-6-15(11)2/h4-5,10-11,13H,6-9H2,1-3H3. The van der Waals surface area contributed by atoms with Crippen LogP contribution in [-0.2, 0) is 13.5 Å². The lowest BCUT2D eigenvalue weighted by Crippen LogP contribution is -2.53. The minimum absolute atomic E-state index is 0.480. The molecule has 17 heavy (non-hydrogen) atoms. The largest absolute Gasteiger partial charge is 0.338 e. The van der Waals surface area contributed by atoms with E-state index >= 15 is 0 Å². The maximum Gasteiger partial charge on any atom is 0.109 e. The van der Waals surface area contributed by atoms with E-state index in [0.717, 1.165) is 12.2 Å². The molecule has 1 aromatic heterocycles. The van der Waals surface area contributed by atoms with Gasteiger partial charge in [-0.05, 0) is 14.1 Å². The molecule has 1 aliphatic rings. The third-order valence-corrected chi connectivity index (χ3v) is 4.65. The van der Waals surface area contributed by atoms with Gasteiger partial charge in [0.05, 0.1) is 0 Å². The molecule has 0 radical (unpaired) electrons. The third-order valence-electron chi connectivity index (χ3n) is 3.60. The van der Waals surface area contributed by atoms with Gasteiger partial charge in [0.2, 0.25) is 0 Å². The summed E-state index contributed by atoms with van der Waals surface area (Å²) in [5.74, 6) is 3.63. The van der Waals surface area contributed by atoms with Gasteiger partial charge in [-0.2, -0.15) is 11.8 Å². The van der Waals surface area contributed by atoms with E-state index < -0.39 is 0 Å². The first kappa shape index (κ1) is 12.9. The van der Waals surface area contributed by atoms with Crippen LogP contribution in [0.15, 0.2) is 12.4 Å². The summed E-state index contributed by atoms with van der Waals surface area (Å²) in [6, 6.07) is 1.09. The van der Waals surface area contributed by atoms with E-state index in [1.807, 2.05) is 12.4 Å². The molecule has 2 unspecified atom stereocenters. The van der Waals surface area contributed by atoms with Crippen molar-refractivity contribution in [3.63, 3.8) is 0 Å². The Labute approximate surface area is 108 Å². The third kappa shape index (κ3) is 3.03. The van der Waals surface area contributed by atoms with E-state index in [1.54, 1.807) is 0 Å². The minimum Gasteiger partial charge on any atom is -0.338 e. The van der Waals surface area contributed by atoms with Crippen LogP contribution >= 0.6 is 11.8 Å². The van der Waals surface area contributed by atoms with Crippen molar-refractivity contribution >= 4 is 11.8 Å². The summed E-state index contributed by atoms with van der Waals surface area (Å²) in [7, 11) is 6.35. The van der Waals surface area contributed by atoms with Gasteiger partial charge >= 0.3 is 0 Å². The van der Waals surface area contributed by atoms with Crippen LogP contribution in [0.5, 0.6) is 0 Å². The van der Waals surface area contributed by atoms with E-state index in [2.05, 4.69) is 52.7 Å². The Morgan fingerprint density at radius 1 is 1.59 bits per heavy atom. The van der Waals surface area contributed by atoms with Crippen molar-refractivity contribution in [3.05, 3.63) is 18.2 Å². The first-order valence-corrected chi connectivity index (χ1v) is 7.29. The predicted octanol–water partition coefficient (Wildman–Crippen LogP) is 0.598. The molecule has 2 rings (SSSR count). The Kier molecular flexibility index (Phi) is 4.48. The van der Waals surface area contributed by atoms with Gasteiger partial charge in [-0.1, -0.05) is 0 Å². The summed E-state index contributed by atoms with van der Waals surface area (Å²) in [4.78, 5) is 6.89. The molecule has 0 spiro atoms. The smallest absolute Gasteiger partial charge is 0.109 e. The normalized spacial score (nSPS) is 23.8. The summed E-state index contributed by atoms with van der Waals surface area (Å²) in [6.45, 7) is 1.19. The van der Waals surface area contributed by atoms with Crippen LogP contribution in [0.3, 0.4) is 0 Å². The first-order chi connectivity index (χ1) is 8.22. The van der Waals surface area contributed by atoms with Crippen molar-refractivity contribution in [2.45, 2.75) is 18.5 Å². The average molecular weight is 254 g/mol. The molecule has 1 fully saturated rings. The second-order valence-electron chi connectivity index (χ2n) is 4.68. The number of nitrogens with zero attached hydrogens (tertiary/aromatic N) is 3. The van der Waals surface area contributed by atoms with Gasteiger partial charge in [-0.25, -0.2) is 4.98 Å². The fourth-order valence-corrected chi connectivity index (χ4v) is 3.66. The van der Waals surface area contributed by atoms with E-state index in [0.29, 0.717) is 12.1 Å². The predicted molar refractivity (Wildman–Crippen MR) is 73.5 cm³/mol. The fraction of sp³-hybridized carbons (Fsp3) is 0.750. The molecular formula is C12H22N4S. The van der Waals surface area contributed by atoms with Gasteiger partial charge in [0, 0.05) is 56.0 Å². The maximum atomic E-state index is 4.42. The Hall–Kier alpha value is -0.520. The van der Waals surface area contributed by atoms with Crippen LogP contribution < -0.4 is 5.32 Å². The van der Waals surface area contributed by atoms with Crippen molar-refractivity contribution in [1.29, 1.82) is 0 Å². The molecule has 0 saturated carbocycles. The van der Waals surface area contributed by atoms with Crippen molar-refractivity contribution in [2.24, 2.45) is 7.05 Å². The zero-order valence-electron chi connectivity index (χ0n) is 10.9. The molecule has 1 N–H and O–H groups in total. The van der Waals surface area contributed by atoms with Crippen LogP contribution in [0.2, 0.25) is 0 Å². The van der Waals surface area contributed by atoms with Gasteiger partial charge in [0.1, 0.15) is 5.82 Å². The molecule has 1 aliphatic heterocycles. The highest BCUT2D eigenvalue weighted by Gasteiger charge is 2.27. The molecular weight excluding hydrogens is 232 g/mol.